The number of nitrogens with zero attached hydrogens (tertiary/aromatic N) is 2. The Hall–Kier alpha value is -2.69. The molecule has 0 aromatic heterocycles. The summed E-state index contributed by atoms with van der Waals surface area (Å²) in [6.07, 6.45) is 0. The number of rotatable bonds is 2. The summed E-state index contributed by atoms with van der Waals surface area (Å²) in [7, 11) is 0. The second-order valence-electron chi connectivity index (χ2n) is 5.96. The van der Waals surface area contributed by atoms with Gasteiger partial charge in [-0.3, -0.25) is 9.59 Å². The van der Waals surface area contributed by atoms with Crippen LogP contribution in [0.4, 0.5) is 10.1 Å². The molecule has 1 atom stereocenters. The molecule has 1 aliphatic rings. The lowest BCUT2D eigenvalue weighted by Gasteiger charge is -2.39. The van der Waals surface area contributed by atoms with Crippen molar-refractivity contribution in [2.45, 2.75) is 19.9 Å². The Morgan fingerprint density at radius 1 is 1.12 bits per heavy atom. The van der Waals surface area contributed by atoms with Gasteiger partial charge in [0.25, 0.3) is 5.91 Å². The topological polar surface area (TPSA) is 40.6 Å². The Balaban J connectivity index is 1.83. The highest BCUT2D eigenvalue weighted by Crippen LogP contribution is 2.24. The summed E-state index contributed by atoms with van der Waals surface area (Å²) in [6.45, 7) is 4.51. The lowest BCUT2D eigenvalue weighted by molar-refractivity contribution is -0.124. The number of hydrogen-bond acceptors (Lipinski definition) is 2. The zero-order chi connectivity index (χ0) is 17.3. The minimum atomic E-state index is -0.589. The zero-order valence-electron chi connectivity index (χ0n) is 13.7. The van der Waals surface area contributed by atoms with Crippen molar-refractivity contribution in [1.29, 1.82) is 0 Å². The third-order valence-electron chi connectivity index (χ3n) is 4.39. The van der Waals surface area contributed by atoms with Crippen molar-refractivity contribution in [3.05, 3.63) is 65.5 Å². The van der Waals surface area contributed by atoms with Crippen LogP contribution >= 0.6 is 0 Å². The first-order valence-electron chi connectivity index (χ1n) is 7.92. The lowest BCUT2D eigenvalue weighted by atomic mass is 10.1. The Morgan fingerprint density at radius 2 is 1.88 bits per heavy atom. The number of anilines is 1. The van der Waals surface area contributed by atoms with E-state index in [-0.39, 0.29) is 17.4 Å². The number of para-hydroxylation sites is 1. The van der Waals surface area contributed by atoms with E-state index >= 15 is 0 Å². The van der Waals surface area contributed by atoms with Crippen molar-refractivity contribution in [3.63, 3.8) is 0 Å². The van der Waals surface area contributed by atoms with Gasteiger partial charge in [0.05, 0.1) is 0 Å². The summed E-state index contributed by atoms with van der Waals surface area (Å²) < 4.78 is 13.4. The van der Waals surface area contributed by atoms with Crippen molar-refractivity contribution in [3.8, 4) is 0 Å². The Morgan fingerprint density at radius 3 is 2.58 bits per heavy atom. The number of amides is 2. The molecule has 4 nitrogen and oxygen atoms in total. The fourth-order valence-corrected chi connectivity index (χ4v) is 3.04. The maximum atomic E-state index is 13.4. The van der Waals surface area contributed by atoms with E-state index in [1.54, 1.807) is 17.9 Å². The first-order valence-corrected chi connectivity index (χ1v) is 7.92. The molecule has 1 aliphatic heterocycles. The van der Waals surface area contributed by atoms with Gasteiger partial charge in [0.2, 0.25) is 5.91 Å². The number of halogens is 1. The largest absolute Gasteiger partial charge is 0.325 e. The number of hydrogen-bond donors (Lipinski definition) is 0. The molecule has 124 valence electrons. The molecule has 0 bridgehead atoms. The van der Waals surface area contributed by atoms with Gasteiger partial charge in [0.1, 0.15) is 11.9 Å². The molecule has 0 N–H and O–H groups in total. The van der Waals surface area contributed by atoms with Gasteiger partial charge in [-0.05, 0) is 43.7 Å². The highest BCUT2D eigenvalue weighted by molar-refractivity contribution is 6.03. The van der Waals surface area contributed by atoms with Crippen molar-refractivity contribution in [1.82, 2.24) is 4.90 Å². The molecule has 2 amide bonds. The summed E-state index contributed by atoms with van der Waals surface area (Å²) in [5.74, 6) is -0.904. The quantitative estimate of drug-likeness (QED) is 0.851. The summed E-state index contributed by atoms with van der Waals surface area (Å²) in [6, 6.07) is 12.7. The Bertz CT molecular complexity index is 790. The molecule has 0 aliphatic carbocycles. The zero-order valence-corrected chi connectivity index (χ0v) is 13.7. The standard InChI is InChI=1S/C19H19FN2O2/c1-13-6-3-4-9-17(13)22-11-10-21(14(2)18(22)23)19(24)15-7-5-8-16(20)12-15/h3-9,12,14H,10-11H2,1-2H3. The summed E-state index contributed by atoms with van der Waals surface area (Å²) in [5, 5.41) is 0. The molecule has 0 saturated carbocycles. The highest BCUT2D eigenvalue weighted by atomic mass is 19.1. The van der Waals surface area contributed by atoms with Crippen LogP contribution in [0.2, 0.25) is 0 Å². The maximum Gasteiger partial charge on any atom is 0.254 e. The Kier molecular flexibility index (Phi) is 4.34. The molecule has 1 heterocycles. The minimum absolute atomic E-state index is 0.125. The highest BCUT2D eigenvalue weighted by Gasteiger charge is 2.35. The lowest BCUT2D eigenvalue weighted by Crippen LogP contribution is -2.57. The molecule has 1 fully saturated rings. The van der Waals surface area contributed by atoms with Crippen LogP contribution in [0.25, 0.3) is 0 Å². The summed E-state index contributed by atoms with van der Waals surface area (Å²) in [5.41, 5.74) is 2.15. The van der Waals surface area contributed by atoms with Gasteiger partial charge in [-0.1, -0.05) is 24.3 Å². The van der Waals surface area contributed by atoms with Gasteiger partial charge < -0.3 is 9.80 Å². The average Bonchev–Trinajstić information content (AvgIpc) is 2.57. The van der Waals surface area contributed by atoms with E-state index in [0.29, 0.717) is 13.1 Å². The SMILES string of the molecule is Cc1ccccc1N1CCN(C(=O)c2cccc(F)c2)C(C)C1=O. The van der Waals surface area contributed by atoms with Gasteiger partial charge in [-0.15, -0.1) is 0 Å². The molecule has 5 heteroatoms. The number of benzene rings is 2. The number of piperazine rings is 1. The van der Waals surface area contributed by atoms with E-state index in [1.165, 1.54) is 23.1 Å². The molecule has 2 aromatic carbocycles. The van der Waals surface area contributed by atoms with E-state index in [0.717, 1.165) is 11.3 Å². The molecule has 2 aromatic rings. The predicted molar refractivity (Wildman–Crippen MR) is 90.4 cm³/mol. The van der Waals surface area contributed by atoms with Gasteiger partial charge in [0, 0.05) is 24.3 Å². The molecule has 1 unspecified atom stereocenters. The minimum Gasteiger partial charge on any atom is -0.325 e. The second-order valence-corrected chi connectivity index (χ2v) is 5.96. The van der Waals surface area contributed by atoms with Crippen molar-refractivity contribution in [2.24, 2.45) is 0 Å². The first-order chi connectivity index (χ1) is 11.5. The molecular weight excluding hydrogens is 307 g/mol. The summed E-state index contributed by atoms with van der Waals surface area (Å²) in [4.78, 5) is 28.6. The fraction of sp³-hybridized carbons (Fsp3) is 0.263. The third kappa shape index (κ3) is 2.89. The molecule has 0 radical (unpaired) electrons. The third-order valence-corrected chi connectivity index (χ3v) is 4.39. The predicted octanol–water partition coefficient (Wildman–Crippen LogP) is 3.01. The van der Waals surface area contributed by atoms with Crippen LogP contribution in [0.15, 0.2) is 48.5 Å². The van der Waals surface area contributed by atoms with E-state index in [2.05, 4.69) is 0 Å². The van der Waals surface area contributed by atoms with Crippen LogP contribution in [0.3, 0.4) is 0 Å². The number of aryl methyl sites for hydroxylation is 1. The van der Waals surface area contributed by atoms with Crippen molar-refractivity contribution >= 4 is 17.5 Å². The monoisotopic (exact) mass is 326 g/mol. The van der Waals surface area contributed by atoms with Crippen LogP contribution in [0.5, 0.6) is 0 Å². The van der Waals surface area contributed by atoms with E-state index in [1.807, 2.05) is 31.2 Å². The first kappa shape index (κ1) is 16.2. The molecule has 1 saturated heterocycles. The van der Waals surface area contributed by atoms with Crippen LogP contribution in [0.1, 0.15) is 22.8 Å². The molecule has 0 spiro atoms. The van der Waals surface area contributed by atoms with E-state index < -0.39 is 11.9 Å². The van der Waals surface area contributed by atoms with Crippen LogP contribution in [-0.2, 0) is 4.79 Å². The number of carbonyl (C=O) groups is 2. The molecule has 24 heavy (non-hydrogen) atoms. The molecule has 3 rings (SSSR count). The summed E-state index contributed by atoms with van der Waals surface area (Å²) >= 11 is 0. The van der Waals surface area contributed by atoms with Crippen LogP contribution < -0.4 is 4.90 Å². The van der Waals surface area contributed by atoms with E-state index in [4.69, 9.17) is 0 Å². The van der Waals surface area contributed by atoms with Crippen molar-refractivity contribution in [2.75, 3.05) is 18.0 Å². The van der Waals surface area contributed by atoms with Crippen LogP contribution in [0, 0.1) is 12.7 Å². The Labute approximate surface area is 140 Å². The van der Waals surface area contributed by atoms with Crippen LogP contribution in [-0.4, -0.2) is 35.8 Å². The van der Waals surface area contributed by atoms with Gasteiger partial charge in [-0.2, -0.15) is 0 Å². The van der Waals surface area contributed by atoms with Gasteiger partial charge >= 0.3 is 0 Å². The van der Waals surface area contributed by atoms with Gasteiger partial charge in [0.15, 0.2) is 0 Å². The normalized spacial score (nSPS) is 18.0. The number of carbonyl (C=O) groups excluding carboxylic acids is 2. The smallest absolute Gasteiger partial charge is 0.254 e. The van der Waals surface area contributed by atoms with Gasteiger partial charge in [-0.25, -0.2) is 4.39 Å². The maximum absolute atomic E-state index is 13.4. The van der Waals surface area contributed by atoms with E-state index in [9.17, 15) is 14.0 Å². The second kappa shape index (κ2) is 6.43. The van der Waals surface area contributed by atoms with Crippen molar-refractivity contribution < 1.29 is 14.0 Å². The average molecular weight is 326 g/mol. The fourth-order valence-electron chi connectivity index (χ4n) is 3.04. The molecular formula is C19H19FN2O2.